The number of nitrogens with two attached hydrogens (primary N) is 1. The highest BCUT2D eigenvalue weighted by Crippen LogP contribution is 2.37. The molecule has 0 amide bonds. The predicted molar refractivity (Wildman–Crippen MR) is 90.5 cm³/mol. The van der Waals surface area contributed by atoms with Crippen molar-refractivity contribution in [3.05, 3.63) is 30.0 Å². The van der Waals surface area contributed by atoms with Crippen LogP contribution in [-0.2, 0) is 0 Å². The minimum Gasteiger partial charge on any atom is -0.399 e. The van der Waals surface area contributed by atoms with E-state index in [1.54, 1.807) is 0 Å². The number of pyridine rings is 1. The molecule has 21 heavy (non-hydrogen) atoms. The van der Waals surface area contributed by atoms with Gasteiger partial charge in [0, 0.05) is 28.5 Å². The van der Waals surface area contributed by atoms with Crippen LogP contribution in [0.1, 0.15) is 38.8 Å². The molecular weight excluding hydrogens is 258 g/mol. The summed E-state index contributed by atoms with van der Waals surface area (Å²) >= 11 is 0. The van der Waals surface area contributed by atoms with Gasteiger partial charge in [0.15, 0.2) is 0 Å². The van der Waals surface area contributed by atoms with Gasteiger partial charge >= 0.3 is 0 Å². The molecule has 1 heterocycles. The van der Waals surface area contributed by atoms with Crippen LogP contribution in [0, 0.1) is 18.8 Å². The second-order valence-corrected chi connectivity index (χ2v) is 6.44. The fourth-order valence-corrected chi connectivity index (χ4v) is 3.72. The van der Waals surface area contributed by atoms with Crippen molar-refractivity contribution in [3.63, 3.8) is 0 Å². The van der Waals surface area contributed by atoms with Gasteiger partial charge in [-0.1, -0.05) is 20.3 Å². The van der Waals surface area contributed by atoms with Crippen LogP contribution in [0.15, 0.2) is 24.3 Å². The Labute approximate surface area is 127 Å². The smallest absolute Gasteiger partial charge is 0.0727 e. The molecule has 1 aliphatic rings. The lowest BCUT2D eigenvalue weighted by Gasteiger charge is -2.23. The Morgan fingerprint density at radius 2 is 2.10 bits per heavy atom. The molecule has 1 fully saturated rings. The number of nitrogens with zero attached hydrogens (tertiary/aromatic N) is 1. The number of nitrogen functional groups attached to an aromatic ring is 1. The molecule has 0 aliphatic heterocycles. The van der Waals surface area contributed by atoms with Gasteiger partial charge in [0.05, 0.1) is 5.52 Å². The SMILES string of the molecule is CCC1CCC(Nc2cc(C)nc3ccc(N)cc23)C1C. The number of hydrogen-bond donors (Lipinski definition) is 2. The molecule has 0 radical (unpaired) electrons. The Balaban J connectivity index is 1.95. The van der Waals surface area contributed by atoms with Gasteiger partial charge in [-0.15, -0.1) is 0 Å². The predicted octanol–water partition coefficient (Wildman–Crippen LogP) is 4.36. The van der Waals surface area contributed by atoms with E-state index < -0.39 is 0 Å². The number of benzene rings is 1. The van der Waals surface area contributed by atoms with E-state index in [0.29, 0.717) is 6.04 Å². The van der Waals surface area contributed by atoms with Gasteiger partial charge in [0.2, 0.25) is 0 Å². The van der Waals surface area contributed by atoms with Crippen molar-refractivity contribution in [2.75, 3.05) is 11.1 Å². The normalized spacial score (nSPS) is 25.4. The van der Waals surface area contributed by atoms with Gasteiger partial charge in [-0.3, -0.25) is 4.98 Å². The highest BCUT2D eigenvalue weighted by atomic mass is 14.9. The first-order valence-electron chi connectivity index (χ1n) is 8.02. The quantitative estimate of drug-likeness (QED) is 0.823. The summed E-state index contributed by atoms with van der Waals surface area (Å²) in [6, 6.07) is 8.66. The Bertz CT molecular complexity index is 650. The van der Waals surface area contributed by atoms with Crippen LogP contribution < -0.4 is 11.1 Å². The molecule has 3 nitrogen and oxygen atoms in total. The van der Waals surface area contributed by atoms with E-state index in [2.05, 4.69) is 30.2 Å². The van der Waals surface area contributed by atoms with E-state index in [4.69, 9.17) is 5.73 Å². The number of aromatic nitrogens is 1. The molecule has 3 atom stereocenters. The topological polar surface area (TPSA) is 50.9 Å². The highest BCUT2D eigenvalue weighted by molar-refractivity contribution is 5.93. The standard InChI is InChI=1S/C18H25N3/c1-4-13-5-7-16(12(13)3)21-18-9-11(2)20-17-8-6-14(19)10-15(17)18/h6,8-10,12-13,16H,4-5,7,19H2,1-3H3,(H,20,21). The second kappa shape index (κ2) is 5.55. The maximum atomic E-state index is 5.95. The van der Waals surface area contributed by atoms with Crippen LogP contribution in [-0.4, -0.2) is 11.0 Å². The summed E-state index contributed by atoms with van der Waals surface area (Å²) in [6.07, 6.45) is 3.87. The van der Waals surface area contributed by atoms with Crippen LogP contribution >= 0.6 is 0 Å². The summed E-state index contributed by atoms with van der Waals surface area (Å²) < 4.78 is 0. The van der Waals surface area contributed by atoms with Crippen LogP contribution in [0.25, 0.3) is 10.9 Å². The molecule has 1 aromatic carbocycles. The van der Waals surface area contributed by atoms with Crippen LogP contribution in [0.3, 0.4) is 0 Å². The Kier molecular flexibility index (Phi) is 3.75. The number of rotatable bonds is 3. The molecule has 1 aliphatic carbocycles. The lowest BCUT2D eigenvalue weighted by atomic mass is 9.93. The molecule has 0 spiro atoms. The first-order valence-corrected chi connectivity index (χ1v) is 8.02. The van der Waals surface area contributed by atoms with Crippen LogP contribution in [0.2, 0.25) is 0 Å². The minimum atomic E-state index is 0.557. The molecule has 3 unspecified atom stereocenters. The molecule has 3 heteroatoms. The lowest BCUT2D eigenvalue weighted by molar-refractivity contribution is 0.392. The zero-order valence-corrected chi connectivity index (χ0v) is 13.2. The van der Waals surface area contributed by atoms with E-state index in [0.717, 1.165) is 34.1 Å². The maximum Gasteiger partial charge on any atom is 0.0727 e. The van der Waals surface area contributed by atoms with E-state index in [-0.39, 0.29) is 0 Å². The zero-order valence-electron chi connectivity index (χ0n) is 13.2. The minimum absolute atomic E-state index is 0.557. The molecular formula is C18H25N3. The van der Waals surface area contributed by atoms with Gasteiger partial charge in [0.25, 0.3) is 0 Å². The third-order valence-corrected chi connectivity index (χ3v) is 5.05. The first-order chi connectivity index (χ1) is 10.1. The Hall–Kier alpha value is -1.77. The molecule has 3 N–H and O–H groups in total. The second-order valence-electron chi connectivity index (χ2n) is 6.44. The van der Waals surface area contributed by atoms with Crippen molar-refractivity contribution in [1.82, 2.24) is 4.98 Å². The molecule has 1 aromatic heterocycles. The largest absolute Gasteiger partial charge is 0.399 e. The average Bonchev–Trinajstić information content (AvgIpc) is 2.80. The van der Waals surface area contributed by atoms with Crippen molar-refractivity contribution >= 4 is 22.3 Å². The van der Waals surface area contributed by atoms with Gasteiger partial charge in [-0.25, -0.2) is 0 Å². The summed E-state index contributed by atoms with van der Waals surface area (Å²) in [5.41, 5.74) is 9.99. The van der Waals surface area contributed by atoms with Crippen LogP contribution in [0.4, 0.5) is 11.4 Å². The molecule has 2 aromatic rings. The number of fused-ring (bicyclic) bond motifs is 1. The Morgan fingerprint density at radius 3 is 2.81 bits per heavy atom. The fourth-order valence-electron chi connectivity index (χ4n) is 3.72. The first kappa shape index (κ1) is 14.2. The van der Waals surface area contributed by atoms with Crippen molar-refractivity contribution < 1.29 is 0 Å². The lowest BCUT2D eigenvalue weighted by Crippen LogP contribution is -2.24. The van der Waals surface area contributed by atoms with Gasteiger partial charge < -0.3 is 11.1 Å². The third kappa shape index (κ3) is 2.69. The number of nitrogens with one attached hydrogen (secondary N) is 1. The molecule has 0 bridgehead atoms. The van der Waals surface area contributed by atoms with Gasteiger partial charge in [0.1, 0.15) is 0 Å². The van der Waals surface area contributed by atoms with Crippen molar-refractivity contribution in [2.24, 2.45) is 11.8 Å². The Morgan fingerprint density at radius 1 is 1.29 bits per heavy atom. The fraction of sp³-hybridized carbons (Fsp3) is 0.500. The van der Waals surface area contributed by atoms with E-state index in [1.165, 1.54) is 24.9 Å². The molecule has 112 valence electrons. The highest BCUT2D eigenvalue weighted by Gasteiger charge is 2.31. The van der Waals surface area contributed by atoms with E-state index in [1.807, 2.05) is 25.1 Å². The number of anilines is 2. The number of hydrogen-bond acceptors (Lipinski definition) is 3. The summed E-state index contributed by atoms with van der Waals surface area (Å²) in [5, 5.41) is 4.90. The average molecular weight is 283 g/mol. The maximum absolute atomic E-state index is 5.95. The van der Waals surface area contributed by atoms with Gasteiger partial charge in [-0.05, 0) is 55.9 Å². The van der Waals surface area contributed by atoms with Crippen molar-refractivity contribution in [3.8, 4) is 0 Å². The van der Waals surface area contributed by atoms with Crippen molar-refractivity contribution in [1.29, 1.82) is 0 Å². The monoisotopic (exact) mass is 283 g/mol. The van der Waals surface area contributed by atoms with E-state index in [9.17, 15) is 0 Å². The summed E-state index contributed by atoms with van der Waals surface area (Å²) in [4.78, 5) is 4.61. The summed E-state index contributed by atoms with van der Waals surface area (Å²) in [6.45, 7) is 6.73. The molecule has 3 rings (SSSR count). The van der Waals surface area contributed by atoms with E-state index >= 15 is 0 Å². The number of aryl methyl sites for hydroxylation is 1. The van der Waals surface area contributed by atoms with Gasteiger partial charge in [-0.2, -0.15) is 0 Å². The van der Waals surface area contributed by atoms with Crippen LogP contribution in [0.5, 0.6) is 0 Å². The molecule has 0 saturated heterocycles. The third-order valence-electron chi connectivity index (χ3n) is 5.05. The van der Waals surface area contributed by atoms with Crippen molar-refractivity contribution in [2.45, 2.75) is 46.1 Å². The zero-order chi connectivity index (χ0) is 15.0. The summed E-state index contributed by atoms with van der Waals surface area (Å²) in [5.74, 6) is 1.57. The molecule has 1 saturated carbocycles. The summed E-state index contributed by atoms with van der Waals surface area (Å²) in [7, 11) is 0.